The fourth-order valence-corrected chi connectivity index (χ4v) is 2.32. The van der Waals surface area contributed by atoms with Gasteiger partial charge in [-0.15, -0.1) is 0 Å². The Kier molecular flexibility index (Phi) is 3.18. The first-order valence-electron chi connectivity index (χ1n) is 6.51. The zero-order valence-electron chi connectivity index (χ0n) is 10.7. The zero-order valence-corrected chi connectivity index (χ0v) is 10.7. The fourth-order valence-electron chi connectivity index (χ4n) is 2.32. The summed E-state index contributed by atoms with van der Waals surface area (Å²) in [5, 5.41) is 3.19. The molecular formula is C14H17N5. The molecule has 2 aromatic rings. The van der Waals surface area contributed by atoms with Gasteiger partial charge in [-0.1, -0.05) is 0 Å². The van der Waals surface area contributed by atoms with Gasteiger partial charge in [-0.25, -0.2) is 4.98 Å². The van der Waals surface area contributed by atoms with Gasteiger partial charge in [0.15, 0.2) is 5.82 Å². The molecule has 1 aliphatic rings. The van der Waals surface area contributed by atoms with Crippen molar-refractivity contribution >= 4 is 23.0 Å². The Bertz CT molecular complexity index is 546. The van der Waals surface area contributed by atoms with Gasteiger partial charge in [0.05, 0.1) is 12.4 Å². The second-order valence-electron chi connectivity index (χ2n) is 4.70. The third-order valence-electron chi connectivity index (χ3n) is 3.26. The first kappa shape index (κ1) is 11.8. The Morgan fingerprint density at radius 2 is 1.79 bits per heavy atom. The molecular weight excluding hydrogens is 238 g/mol. The van der Waals surface area contributed by atoms with E-state index in [0.29, 0.717) is 11.6 Å². The molecule has 1 aromatic carbocycles. The SMILES string of the molecule is Nc1cncc(Nc2ccc(N3CCCC3)cc2)n1. The van der Waals surface area contributed by atoms with E-state index in [9.17, 15) is 0 Å². The van der Waals surface area contributed by atoms with Gasteiger partial charge in [-0.05, 0) is 37.1 Å². The molecule has 0 bridgehead atoms. The number of hydrogen-bond donors (Lipinski definition) is 2. The molecule has 0 amide bonds. The molecule has 0 aliphatic carbocycles. The summed E-state index contributed by atoms with van der Waals surface area (Å²) in [6.45, 7) is 2.32. The molecule has 1 aliphatic heterocycles. The summed E-state index contributed by atoms with van der Waals surface area (Å²) in [7, 11) is 0. The van der Waals surface area contributed by atoms with Crippen molar-refractivity contribution in [2.75, 3.05) is 29.0 Å². The zero-order chi connectivity index (χ0) is 13.1. The molecule has 5 nitrogen and oxygen atoms in total. The third-order valence-corrected chi connectivity index (χ3v) is 3.26. The number of benzene rings is 1. The van der Waals surface area contributed by atoms with Crippen molar-refractivity contribution in [3.8, 4) is 0 Å². The van der Waals surface area contributed by atoms with E-state index >= 15 is 0 Å². The lowest BCUT2D eigenvalue weighted by Crippen LogP contribution is -2.17. The largest absolute Gasteiger partial charge is 0.382 e. The van der Waals surface area contributed by atoms with E-state index in [1.165, 1.54) is 24.7 Å². The number of hydrogen-bond acceptors (Lipinski definition) is 5. The molecule has 98 valence electrons. The molecule has 0 unspecified atom stereocenters. The molecule has 0 radical (unpaired) electrons. The minimum Gasteiger partial charge on any atom is -0.382 e. The molecule has 2 heterocycles. The Balaban J connectivity index is 1.72. The predicted octanol–water partition coefficient (Wildman–Crippen LogP) is 2.40. The van der Waals surface area contributed by atoms with E-state index in [2.05, 4.69) is 44.5 Å². The average Bonchev–Trinajstić information content (AvgIpc) is 2.94. The lowest BCUT2D eigenvalue weighted by atomic mass is 10.2. The normalized spacial score (nSPS) is 14.6. The monoisotopic (exact) mass is 255 g/mol. The molecule has 19 heavy (non-hydrogen) atoms. The van der Waals surface area contributed by atoms with Crippen LogP contribution in [0.2, 0.25) is 0 Å². The fraction of sp³-hybridized carbons (Fsp3) is 0.286. The number of rotatable bonds is 3. The average molecular weight is 255 g/mol. The van der Waals surface area contributed by atoms with Crippen LogP contribution in [0, 0.1) is 0 Å². The maximum Gasteiger partial charge on any atom is 0.151 e. The highest BCUT2D eigenvalue weighted by atomic mass is 15.1. The summed E-state index contributed by atoms with van der Waals surface area (Å²) >= 11 is 0. The first-order valence-corrected chi connectivity index (χ1v) is 6.51. The maximum absolute atomic E-state index is 5.60. The Morgan fingerprint density at radius 3 is 2.47 bits per heavy atom. The van der Waals surface area contributed by atoms with E-state index in [4.69, 9.17) is 5.73 Å². The quantitative estimate of drug-likeness (QED) is 0.881. The van der Waals surface area contributed by atoms with Crippen molar-refractivity contribution < 1.29 is 0 Å². The number of nitrogen functional groups attached to an aromatic ring is 1. The van der Waals surface area contributed by atoms with Crippen molar-refractivity contribution in [2.45, 2.75) is 12.8 Å². The van der Waals surface area contributed by atoms with Crippen molar-refractivity contribution in [1.82, 2.24) is 9.97 Å². The van der Waals surface area contributed by atoms with Gasteiger partial charge in [0.2, 0.25) is 0 Å². The van der Waals surface area contributed by atoms with Crippen LogP contribution >= 0.6 is 0 Å². The van der Waals surface area contributed by atoms with Gasteiger partial charge in [0, 0.05) is 24.5 Å². The topological polar surface area (TPSA) is 67.1 Å². The summed E-state index contributed by atoms with van der Waals surface area (Å²) in [4.78, 5) is 10.6. The Hall–Kier alpha value is -2.30. The van der Waals surface area contributed by atoms with Crippen LogP contribution in [0.25, 0.3) is 0 Å². The lowest BCUT2D eigenvalue weighted by molar-refractivity contribution is 0.949. The molecule has 0 spiro atoms. The highest BCUT2D eigenvalue weighted by Crippen LogP contribution is 2.23. The van der Waals surface area contributed by atoms with E-state index in [1.807, 2.05) is 0 Å². The van der Waals surface area contributed by atoms with Crippen molar-refractivity contribution in [2.24, 2.45) is 0 Å². The molecule has 1 saturated heterocycles. The number of aromatic nitrogens is 2. The highest BCUT2D eigenvalue weighted by Gasteiger charge is 2.11. The molecule has 0 saturated carbocycles. The van der Waals surface area contributed by atoms with Crippen LogP contribution < -0.4 is 16.0 Å². The highest BCUT2D eigenvalue weighted by molar-refractivity contribution is 5.61. The lowest BCUT2D eigenvalue weighted by Gasteiger charge is -2.17. The van der Waals surface area contributed by atoms with Gasteiger partial charge in [-0.3, -0.25) is 4.98 Å². The van der Waals surface area contributed by atoms with Gasteiger partial charge in [0.25, 0.3) is 0 Å². The molecule has 3 N–H and O–H groups in total. The smallest absolute Gasteiger partial charge is 0.151 e. The van der Waals surface area contributed by atoms with Crippen LogP contribution in [0.5, 0.6) is 0 Å². The second kappa shape index (κ2) is 5.14. The van der Waals surface area contributed by atoms with Crippen molar-refractivity contribution in [3.05, 3.63) is 36.7 Å². The van der Waals surface area contributed by atoms with Gasteiger partial charge in [0.1, 0.15) is 5.82 Å². The van der Waals surface area contributed by atoms with E-state index in [0.717, 1.165) is 18.8 Å². The van der Waals surface area contributed by atoms with Crippen LogP contribution in [0.3, 0.4) is 0 Å². The van der Waals surface area contributed by atoms with Crippen LogP contribution in [-0.2, 0) is 0 Å². The van der Waals surface area contributed by atoms with Crippen LogP contribution in [0.4, 0.5) is 23.0 Å². The predicted molar refractivity (Wildman–Crippen MR) is 77.6 cm³/mol. The Labute approximate surface area is 112 Å². The molecule has 1 aromatic heterocycles. The standard InChI is InChI=1S/C14H17N5/c15-13-9-16-10-14(18-13)17-11-3-5-12(6-4-11)19-7-1-2-8-19/h3-6,9-10H,1-2,7-8H2,(H3,15,17,18). The minimum atomic E-state index is 0.415. The number of nitrogens with two attached hydrogens (primary N) is 1. The van der Waals surface area contributed by atoms with Crippen LogP contribution in [0.1, 0.15) is 12.8 Å². The summed E-state index contributed by atoms with van der Waals surface area (Å²) in [6, 6.07) is 8.37. The molecule has 3 rings (SSSR count). The maximum atomic E-state index is 5.60. The van der Waals surface area contributed by atoms with Crippen LogP contribution in [0.15, 0.2) is 36.7 Å². The molecule has 5 heteroatoms. The molecule has 1 fully saturated rings. The molecule has 0 atom stereocenters. The number of nitrogens with one attached hydrogen (secondary N) is 1. The summed E-state index contributed by atoms with van der Waals surface area (Å²) in [5.41, 5.74) is 7.87. The van der Waals surface area contributed by atoms with Crippen molar-refractivity contribution in [1.29, 1.82) is 0 Å². The number of nitrogens with zero attached hydrogens (tertiary/aromatic N) is 3. The van der Waals surface area contributed by atoms with E-state index < -0.39 is 0 Å². The number of anilines is 4. The summed E-state index contributed by atoms with van der Waals surface area (Å²) < 4.78 is 0. The second-order valence-corrected chi connectivity index (χ2v) is 4.70. The third kappa shape index (κ3) is 2.76. The van der Waals surface area contributed by atoms with Crippen LogP contribution in [-0.4, -0.2) is 23.1 Å². The van der Waals surface area contributed by atoms with E-state index in [-0.39, 0.29) is 0 Å². The van der Waals surface area contributed by atoms with Gasteiger partial charge < -0.3 is 16.0 Å². The first-order chi connectivity index (χ1) is 9.31. The van der Waals surface area contributed by atoms with E-state index in [1.54, 1.807) is 6.20 Å². The van der Waals surface area contributed by atoms with Crippen molar-refractivity contribution in [3.63, 3.8) is 0 Å². The summed E-state index contributed by atoms with van der Waals surface area (Å²) in [5.74, 6) is 1.08. The summed E-state index contributed by atoms with van der Waals surface area (Å²) in [6.07, 6.45) is 5.77. The Morgan fingerprint density at radius 1 is 1.05 bits per heavy atom. The van der Waals surface area contributed by atoms with Gasteiger partial charge >= 0.3 is 0 Å². The van der Waals surface area contributed by atoms with Gasteiger partial charge in [-0.2, -0.15) is 0 Å². The minimum absolute atomic E-state index is 0.415.